The number of halogens is 1. The Balaban J connectivity index is 1.27. The van der Waals surface area contributed by atoms with Gasteiger partial charge in [-0.1, -0.05) is 24.1 Å². The first kappa shape index (κ1) is 20.0. The summed E-state index contributed by atoms with van der Waals surface area (Å²) in [7, 11) is 0. The van der Waals surface area contributed by atoms with Gasteiger partial charge in [-0.05, 0) is 57.0 Å². The number of carbonyl (C=O) groups excluding carboxylic acids is 1. The van der Waals surface area contributed by atoms with E-state index in [0.29, 0.717) is 18.5 Å². The predicted octanol–water partition coefficient (Wildman–Crippen LogP) is 2.94. The summed E-state index contributed by atoms with van der Waals surface area (Å²) in [5, 5.41) is 0.801. The van der Waals surface area contributed by atoms with Crippen molar-refractivity contribution in [2.45, 2.75) is 38.1 Å². The van der Waals surface area contributed by atoms with Gasteiger partial charge in [0, 0.05) is 56.0 Å². The van der Waals surface area contributed by atoms with E-state index in [1.165, 1.54) is 31.4 Å². The fraction of sp³-hybridized carbons (Fsp3) is 0.682. The number of rotatable bonds is 4. The highest BCUT2D eigenvalue weighted by Crippen LogP contribution is 2.23. The first-order valence-electron chi connectivity index (χ1n) is 10.9. The predicted molar refractivity (Wildman–Crippen MR) is 115 cm³/mol. The first-order valence-corrected chi connectivity index (χ1v) is 11.3. The lowest BCUT2D eigenvalue weighted by atomic mass is 10.0. The number of carbonyl (C=O) groups is 1. The Morgan fingerprint density at radius 3 is 2.50 bits per heavy atom. The molecule has 0 N–H and O–H groups in total. The Bertz CT molecular complexity index is 656. The van der Waals surface area contributed by atoms with Crippen molar-refractivity contribution in [3.8, 4) is 0 Å². The van der Waals surface area contributed by atoms with E-state index in [0.717, 1.165) is 63.8 Å². The molecule has 3 aliphatic rings. The summed E-state index contributed by atoms with van der Waals surface area (Å²) in [5.41, 5.74) is 1.22. The van der Waals surface area contributed by atoms with Crippen molar-refractivity contribution in [1.82, 2.24) is 14.7 Å². The monoisotopic (exact) mass is 404 g/mol. The molecule has 1 aromatic rings. The van der Waals surface area contributed by atoms with Crippen molar-refractivity contribution >= 4 is 23.2 Å². The molecule has 0 unspecified atom stereocenters. The van der Waals surface area contributed by atoms with Crippen LogP contribution in [0.5, 0.6) is 0 Å². The number of anilines is 1. The average molecular weight is 405 g/mol. The summed E-state index contributed by atoms with van der Waals surface area (Å²) in [6.07, 6.45) is 6.15. The van der Waals surface area contributed by atoms with Crippen LogP contribution in [-0.2, 0) is 4.79 Å². The maximum absolute atomic E-state index is 12.8. The Morgan fingerprint density at radius 2 is 1.75 bits per heavy atom. The fourth-order valence-electron chi connectivity index (χ4n) is 4.91. The van der Waals surface area contributed by atoms with Crippen molar-refractivity contribution in [3.63, 3.8) is 0 Å². The van der Waals surface area contributed by atoms with Crippen LogP contribution in [0.25, 0.3) is 0 Å². The molecule has 0 aromatic heterocycles. The molecule has 6 heteroatoms. The summed E-state index contributed by atoms with van der Waals surface area (Å²) < 4.78 is 0. The molecule has 4 rings (SSSR count). The van der Waals surface area contributed by atoms with Gasteiger partial charge in [-0.2, -0.15) is 0 Å². The average Bonchev–Trinajstić information content (AvgIpc) is 2.75. The third kappa shape index (κ3) is 5.00. The zero-order chi connectivity index (χ0) is 19.3. The summed E-state index contributed by atoms with van der Waals surface area (Å²) >= 11 is 6.15. The molecule has 3 aliphatic heterocycles. The Labute approximate surface area is 174 Å². The Morgan fingerprint density at radius 1 is 0.964 bits per heavy atom. The molecule has 3 fully saturated rings. The van der Waals surface area contributed by atoms with Gasteiger partial charge in [-0.25, -0.2) is 0 Å². The van der Waals surface area contributed by atoms with Crippen LogP contribution in [-0.4, -0.2) is 85.6 Å². The highest BCUT2D eigenvalue weighted by Gasteiger charge is 2.30. The number of hydrogen-bond donors (Lipinski definition) is 0. The minimum atomic E-state index is 0.337. The molecule has 0 bridgehead atoms. The van der Waals surface area contributed by atoms with Crippen molar-refractivity contribution in [1.29, 1.82) is 0 Å². The number of piperidine rings is 2. The molecule has 1 amide bonds. The van der Waals surface area contributed by atoms with Crippen molar-refractivity contribution < 1.29 is 4.79 Å². The molecule has 3 saturated heterocycles. The topological polar surface area (TPSA) is 30.0 Å². The largest absolute Gasteiger partial charge is 0.369 e. The second-order valence-electron chi connectivity index (χ2n) is 8.48. The molecule has 5 nitrogen and oxygen atoms in total. The van der Waals surface area contributed by atoms with Crippen LogP contribution in [0.1, 0.15) is 32.1 Å². The molecule has 1 atom stereocenters. The lowest BCUT2D eigenvalue weighted by Gasteiger charge is -2.44. The number of benzene rings is 1. The lowest BCUT2D eigenvalue weighted by Crippen LogP contribution is -2.56. The zero-order valence-corrected chi connectivity index (χ0v) is 17.6. The van der Waals surface area contributed by atoms with E-state index in [4.69, 9.17) is 11.6 Å². The number of hydrogen-bond acceptors (Lipinski definition) is 4. The van der Waals surface area contributed by atoms with E-state index in [9.17, 15) is 4.79 Å². The molecule has 0 aliphatic carbocycles. The van der Waals surface area contributed by atoms with E-state index in [1.54, 1.807) is 0 Å². The summed E-state index contributed by atoms with van der Waals surface area (Å²) in [4.78, 5) is 22.3. The molecule has 0 radical (unpaired) electrons. The van der Waals surface area contributed by atoms with Gasteiger partial charge < -0.3 is 9.80 Å². The van der Waals surface area contributed by atoms with Crippen molar-refractivity contribution in [2.75, 3.05) is 63.8 Å². The van der Waals surface area contributed by atoms with E-state index in [1.807, 2.05) is 12.1 Å². The summed E-state index contributed by atoms with van der Waals surface area (Å²) in [6, 6.07) is 8.67. The first-order chi connectivity index (χ1) is 13.7. The van der Waals surface area contributed by atoms with Gasteiger partial charge in [0.15, 0.2) is 0 Å². The Hall–Kier alpha value is -1.30. The normalized spacial score (nSPS) is 25.1. The minimum absolute atomic E-state index is 0.337. The molecular formula is C22H33ClN4O. The quantitative estimate of drug-likeness (QED) is 0.771. The van der Waals surface area contributed by atoms with Gasteiger partial charge >= 0.3 is 0 Å². The van der Waals surface area contributed by atoms with Gasteiger partial charge in [0.2, 0.25) is 5.91 Å². The van der Waals surface area contributed by atoms with Crippen LogP contribution in [0.4, 0.5) is 5.69 Å². The van der Waals surface area contributed by atoms with E-state index >= 15 is 0 Å². The Kier molecular flexibility index (Phi) is 6.76. The summed E-state index contributed by atoms with van der Waals surface area (Å²) in [5.74, 6) is 0.337. The third-order valence-corrected chi connectivity index (χ3v) is 6.80. The highest BCUT2D eigenvalue weighted by molar-refractivity contribution is 6.30. The maximum Gasteiger partial charge on any atom is 0.236 e. The molecule has 28 heavy (non-hydrogen) atoms. The lowest BCUT2D eigenvalue weighted by molar-refractivity contribution is -0.134. The standard InChI is InChI=1S/C22H33ClN4O/c23-19-6-4-7-20(16-19)25-12-14-26(15-13-25)21-8-5-11-27(17-21)22(28)18-24-9-2-1-3-10-24/h4,6-7,16,21H,1-3,5,8-15,17-18H2/t21-/m0/s1. The molecule has 0 spiro atoms. The van der Waals surface area contributed by atoms with Crippen LogP contribution in [0.2, 0.25) is 5.02 Å². The van der Waals surface area contributed by atoms with Crippen LogP contribution < -0.4 is 4.90 Å². The molecule has 3 heterocycles. The van der Waals surface area contributed by atoms with Gasteiger partial charge in [-0.3, -0.25) is 14.6 Å². The fourth-order valence-corrected chi connectivity index (χ4v) is 5.09. The smallest absolute Gasteiger partial charge is 0.236 e. The van der Waals surface area contributed by atoms with E-state index < -0.39 is 0 Å². The maximum atomic E-state index is 12.8. The van der Waals surface area contributed by atoms with E-state index in [2.05, 4.69) is 31.7 Å². The van der Waals surface area contributed by atoms with Crippen LogP contribution >= 0.6 is 11.6 Å². The van der Waals surface area contributed by atoms with Gasteiger partial charge in [0.25, 0.3) is 0 Å². The zero-order valence-electron chi connectivity index (χ0n) is 16.9. The third-order valence-electron chi connectivity index (χ3n) is 6.56. The van der Waals surface area contributed by atoms with Crippen molar-refractivity contribution in [3.05, 3.63) is 29.3 Å². The highest BCUT2D eigenvalue weighted by atomic mass is 35.5. The van der Waals surface area contributed by atoms with E-state index in [-0.39, 0.29) is 0 Å². The van der Waals surface area contributed by atoms with Gasteiger partial charge in [0.05, 0.1) is 6.54 Å². The van der Waals surface area contributed by atoms with Crippen molar-refractivity contribution in [2.24, 2.45) is 0 Å². The van der Waals surface area contributed by atoms with Gasteiger partial charge in [-0.15, -0.1) is 0 Å². The second-order valence-corrected chi connectivity index (χ2v) is 8.91. The van der Waals surface area contributed by atoms with Crippen LogP contribution in [0.3, 0.4) is 0 Å². The number of piperazine rings is 1. The SMILES string of the molecule is O=C(CN1CCCCC1)N1CCC[C@H](N2CCN(c3cccc(Cl)c3)CC2)C1. The molecule has 154 valence electrons. The minimum Gasteiger partial charge on any atom is -0.369 e. The molecule has 1 aromatic carbocycles. The second kappa shape index (κ2) is 9.47. The molecular weight excluding hydrogens is 372 g/mol. The van der Waals surface area contributed by atoms with Gasteiger partial charge in [0.1, 0.15) is 0 Å². The number of nitrogens with zero attached hydrogens (tertiary/aromatic N) is 4. The van der Waals surface area contributed by atoms with Crippen LogP contribution in [0, 0.1) is 0 Å². The number of likely N-dealkylation sites (tertiary alicyclic amines) is 2. The summed E-state index contributed by atoms with van der Waals surface area (Å²) in [6.45, 7) is 8.82. The number of amides is 1. The van der Waals surface area contributed by atoms with Crippen LogP contribution in [0.15, 0.2) is 24.3 Å². The molecule has 0 saturated carbocycles.